The third kappa shape index (κ3) is 3.63. The summed E-state index contributed by atoms with van der Waals surface area (Å²) < 4.78 is 5.74. The first kappa shape index (κ1) is 17.8. The van der Waals surface area contributed by atoms with Crippen molar-refractivity contribution in [3.05, 3.63) is 57.2 Å². The zero-order chi connectivity index (χ0) is 18.8. The van der Waals surface area contributed by atoms with Gasteiger partial charge in [0.05, 0.1) is 34.9 Å². The minimum Gasteiger partial charge on any atom is -0.376 e. The molecule has 0 radical (unpaired) electrons. The Hall–Kier alpha value is -2.58. The van der Waals surface area contributed by atoms with Crippen molar-refractivity contribution in [2.45, 2.75) is 32.4 Å². The lowest BCUT2D eigenvalue weighted by Crippen LogP contribution is -2.37. The molecule has 1 fully saturated rings. The SMILES string of the molecule is Cc1c(C(=O)N(Cc2ccccn2)C[C@H]2CCCO2)sc2nc[nH]c(=O)c12. The van der Waals surface area contributed by atoms with Gasteiger partial charge in [0.25, 0.3) is 11.5 Å². The zero-order valence-corrected chi connectivity index (χ0v) is 15.8. The minimum atomic E-state index is -0.219. The number of H-pyrrole nitrogens is 1. The van der Waals surface area contributed by atoms with Gasteiger partial charge in [0.1, 0.15) is 4.83 Å². The van der Waals surface area contributed by atoms with Crippen molar-refractivity contribution < 1.29 is 9.53 Å². The molecule has 27 heavy (non-hydrogen) atoms. The number of ether oxygens (including phenoxy) is 1. The number of aromatic amines is 1. The van der Waals surface area contributed by atoms with E-state index in [1.165, 1.54) is 17.7 Å². The van der Waals surface area contributed by atoms with Crippen LogP contribution < -0.4 is 5.56 Å². The lowest BCUT2D eigenvalue weighted by molar-refractivity contribution is 0.0507. The van der Waals surface area contributed by atoms with Gasteiger partial charge in [-0.3, -0.25) is 14.6 Å². The van der Waals surface area contributed by atoms with Crippen molar-refractivity contribution in [2.24, 2.45) is 0 Å². The summed E-state index contributed by atoms with van der Waals surface area (Å²) in [6.45, 7) is 3.44. The van der Waals surface area contributed by atoms with E-state index >= 15 is 0 Å². The van der Waals surface area contributed by atoms with Gasteiger partial charge in [-0.15, -0.1) is 11.3 Å². The molecule has 7 nitrogen and oxygen atoms in total. The predicted octanol–water partition coefficient (Wildman–Crippen LogP) is 2.51. The van der Waals surface area contributed by atoms with Gasteiger partial charge in [0, 0.05) is 19.3 Å². The number of amides is 1. The monoisotopic (exact) mass is 384 g/mol. The van der Waals surface area contributed by atoms with E-state index in [9.17, 15) is 9.59 Å². The predicted molar refractivity (Wildman–Crippen MR) is 103 cm³/mol. The molecule has 0 aromatic carbocycles. The molecule has 1 aliphatic heterocycles. The molecule has 3 aromatic rings. The molecule has 8 heteroatoms. The number of hydrogen-bond donors (Lipinski definition) is 1. The van der Waals surface area contributed by atoms with Crippen molar-refractivity contribution in [2.75, 3.05) is 13.2 Å². The lowest BCUT2D eigenvalue weighted by Gasteiger charge is -2.25. The molecule has 0 spiro atoms. The molecule has 4 rings (SSSR count). The van der Waals surface area contributed by atoms with E-state index in [1.54, 1.807) is 18.0 Å². The molecule has 4 heterocycles. The van der Waals surface area contributed by atoms with E-state index in [1.807, 2.05) is 18.2 Å². The molecular weight excluding hydrogens is 364 g/mol. The third-order valence-electron chi connectivity index (χ3n) is 4.74. The Labute approximate surface area is 160 Å². The number of nitrogens with zero attached hydrogens (tertiary/aromatic N) is 3. The van der Waals surface area contributed by atoms with Crippen molar-refractivity contribution in [1.29, 1.82) is 0 Å². The Bertz CT molecular complexity index is 1010. The van der Waals surface area contributed by atoms with Crippen LogP contribution in [-0.4, -0.2) is 45.0 Å². The Morgan fingerprint density at radius 1 is 1.41 bits per heavy atom. The van der Waals surface area contributed by atoms with Gasteiger partial charge in [-0.05, 0) is 37.5 Å². The normalized spacial score (nSPS) is 16.7. The largest absolute Gasteiger partial charge is 0.376 e. The second-order valence-electron chi connectivity index (χ2n) is 6.61. The Morgan fingerprint density at radius 2 is 2.30 bits per heavy atom. The van der Waals surface area contributed by atoms with Gasteiger partial charge >= 0.3 is 0 Å². The highest BCUT2D eigenvalue weighted by Gasteiger charge is 2.27. The van der Waals surface area contributed by atoms with E-state index in [4.69, 9.17) is 4.74 Å². The Kier molecular flexibility index (Phi) is 5.00. The lowest BCUT2D eigenvalue weighted by atomic mass is 10.1. The molecule has 0 unspecified atom stereocenters. The number of aromatic nitrogens is 3. The van der Waals surface area contributed by atoms with Crippen LogP contribution in [0, 0.1) is 6.92 Å². The summed E-state index contributed by atoms with van der Waals surface area (Å²) in [6, 6.07) is 5.66. The van der Waals surface area contributed by atoms with Crippen molar-refractivity contribution >= 4 is 27.5 Å². The number of rotatable bonds is 5. The van der Waals surface area contributed by atoms with Crippen LogP contribution in [-0.2, 0) is 11.3 Å². The number of carbonyl (C=O) groups is 1. The topological polar surface area (TPSA) is 88.2 Å². The van der Waals surface area contributed by atoms with Crippen molar-refractivity contribution in [3.63, 3.8) is 0 Å². The third-order valence-corrected chi connectivity index (χ3v) is 5.93. The van der Waals surface area contributed by atoms with Gasteiger partial charge < -0.3 is 14.6 Å². The van der Waals surface area contributed by atoms with Crippen LogP contribution in [0.4, 0.5) is 0 Å². The summed E-state index contributed by atoms with van der Waals surface area (Å²) in [5.41, 5.74) is 1.27. The van der Waals surface area contributed by atoms with E-state index in [0.29, 0.717) is 33.7 Å². The van der Waals surface area contributed by atoms with Crippen LogP contribution in [0.25, 0.3) is 10.2 Å². The maximum Gasteiger partial charge on any atom is 0.264 e. The Morgan fingerprint density at radius 3 is 3.00 bits per heavy atom. The van der Waals surface area contributed by atoms with Crippen LogP contribution >= 0.6 is 11.3 Å². The highest BCUT2D eigenvalue weighted by molar-refractivity contribution is 7.20. The van der Waals surface area contributed by atoms with E-state index in [-0.39, 0.29) is 17.6 Å². The van der Waals surface area contributed by atoms with Gasteiger partial charge in [-0.1, -0.05) is 6.07 Å². The standard InChI is InChI=1S/C19H20N4O3S/c1-12-15-17(24)21-11-22-18(15)27-16(12)19(25)23(10-14-6-4-8-26-14)9-13-5-2-3-7-20-13/h2-3,5,7,11,14H,4,6,8-10H2,1H3,(H,21,22,24)/t14-/m1/s1. The molecule has 0 saturated carbocycles. The fourth-order valence-corrected chi connectivity index (χ4v) is 4.48. The van der Waals surface area contributed by atoms with Crippen LogP contribution in [0.3, 0.4) is 0 Å². The molecule has 1 N–H and O–H groups in total. The first-order valence-corrected chi connectivity index (χ1v) is 9.72. The van der Waals surface area contributed by atoms with Crippen LogP contribution in [0.2, 0.25) is 0 Å². The van der Waals surface area contributed by atoms with E-state index in [0.717, 1.165) is 25.1 Å². The first-order chi connectivity index (χ1) is 13.1. The maximum absolute atomic E-state index is 13.4. The molecule has 3 aromatic heterocycles. The number of pyridine rings is 1. The zero-order valence-electron chi connectivity index (χ0n) is 15.0. The smallest absolute Gasteiger partial charge is 0.264 e. The molecule has 1 aliphatic rings. The highest BCUT2D eigenvalue weighted by atomic mass is 32.1. The molecule has 140 valence electrons. The molecule has 0 bridgehead atoms. The number of carbonyl (C=O) groups excluding carboxylic acids is 1. The molecule has 1 amide bonds. The van der Waals surface area contributed by atoms with Gasteiger partial charge in [-0.25, -0.2) is 4.98 Å². The summed E-state index contributed by atoms with van der Waals surface area (Å²) in [6.07, 6.45) is 5.08. The fraction of sp³-hybridized carbons (Fsp3) is 0.368. The molecular formula is C19H20N4O3S. The highest BCUT2D eigenvalue weighted by Crippen LogP contribution is 2.28. The Balaban J connectivity index is 1.68. The van der Waals surface area contributed by atoms with Crippen molar-refractivity contribution in [3.8, 4) is 0 Å². The molecule has 1 atom stereocenters. The summed E-state index contributed by atoms with van der Waals surface area (Å²) in [4.78, 5) is 39.5. The van der Waals surface area contributed by atoms with Crippen LogP contribution in [0.15, 0.2) is 35.5 Å². The number of fused-ring (bicyclic) bond motifs is 1. The second-order valence-corrected chi connectivity index (χ2v) is 7.61. The number of hydrogen-bond acceptors (Lipinski definition) is 6. The van der Waals surface area contributed by atoms with Crippen LogP contribution in [0.1, 0.15) is 33.8 Å². The van der Waals surface area contributed by atoms with Crippen molar-refractivity contribution in [1.82, 2.24) is 19.9 Å². The van der Waals surface area contributed by atoms with Gasteiger partial charge in [0.15, 0.2) is 0 Å². The van der Waals surface area contributed by atoms with Gasteiger partial charge in [-0.2, -0.15) is 0 Å². The average Bonchev–Trinajstić information content (AvgIpc) is 3.30. The minimum absolute atomic E-state index is 0.0360. The summed E-state index contributed by atoms with van der Waals surface area (Å²) >= 11 is 1.26. The summed E-state index contributed by atoms with van der Waals surface area (Å²) in [5.74, 6) is -0.115. The first-order valence-electron chi connectivity index (χ1n) is 8.91. The number of thiophene rings is 1. The van der Waals surface area contributed by atoms with E-state index < -0.39 is 0 Å². The quantitative estimate of drug-likeness (QED) is 0.730. The number of nitrogens with one attached hydrogen (secondary N) is 1. The average molecular weight is 384 g/mol. The van der Waals surface area contributed by atoms with E-state index in [2.05, 4.69) is 15.0 Å². The summed E-state index contributed by atoms with van der Waals surface area (Å²) in [7, 11) is 0. The summed E-state index contributed by atoms with van der Waals surface area (Å²) in [5, 5.41) is 0.487. The number of aryl methyl sites for hydroxylation is 1. The maximum atomic E-state index is 13.4. The van der Waals surface area contributed by atoms with Crippen LogP contribution in [0.5, 0.6) is 0 Å². The van der Waals surface area contributed by atoms with Gasteiger partial charge in [0.2, 0.25) is 0 Å². The molecule has 1 saturated heterocycles. The fourth-order valence-electron chi connectivity index (χ4n) is 3.37. The molecule has 0 aliphatic carbocycles. The second kappa shape index (κ2) is 7.58.